The molecule has 0 saturated carbocycles. The molecule has 0 saturated heterocycles. The van der Waals surface area contributed by atoms with Gasteiger partial charge in [-0.1, -0.05) is 24.3 Å². The number of nitrogens with two attached hydrogens (primary N) is 3. The maximum Gasteiger partial charge on any atom is 0.224 e. The molecule has 0 bridgehead atoms. The summed E-state index contributed by atoms with van der Waals surface area (Å²) in [5.41, 5.74) is 20.8. The highest BCUT2D eigenvalue weighted by molar-refractivity contribution is 5.87. The van der Waals surface area contributed by atoms with Gasteiger partial charge in [0.2, 0.25) is 5.95 Å². The Morgan fingerprint density at radius 3 is 2.25 bits per heavy atom. The van der Waals surface area contributed by atoms with Gasteiger partial charge in [0.25, 0.3) is 0 Å². The zero-order valence-electron chi connectivity index (χ0n) is 13.7. The monoisotopic (exact) mass is 324 g/mol. The first kappa shape index (κ1) is 15.9. The highest BCUT2D eigenvalue weighted by atomic mass is 15.1. The van der Waals surface area contributed by atoms with Crippen molar-refractivity contribution in [3.63, 3.8) is 0 Å². The Labute approximate surface area is 139 Å². The van der Waals surface area contributed by atoms with Crippen LogP contribution in [0.2, 0.25) is 0 Å². The van der Waals surface area contributed by atoms with Gasteiger partial charge in [-0.3, -0.25) is 0 Å². The Balaban J connectivity index is 1.98. The third-order valence-electron chi connectivity index (χ3n) is 3.68. The van der Waals surface area contributed by atoms with Crippen molar-refractivity contribution < 1.29 is 0 Å². The van der Waals surface area contributed by atoms with Crippen LogP contribution >= 0.6 is 0 Å². The third-order valence-corrected chi connectivity index (χ3v) is 3.68. The highest BCUT2D eigenvalue weighted by Crippen LogP contribution is 2.26. The van der Waals surface area contributed by atoms with Gasteiger partial charge in [0.05, 0.1) is 0 Å². The van der Waals surface area contributed by atoms with Crippen LogP contribution in [0.3, 0.4) is 0 Å². The van der Waals surface area contributed by atoms with E-state index in [1.807, 2.05) is 12.1 Å². The van der Waals surface area contributed by atoms with Gasteiger partial charge in [-0.2, -0.15) is 9.97 Å². The zero-order valence-corrected chi connectivity index (χ0v) is 13.7. The zero-order chi connectivity index (χ0) is 17.3. The summed E-state index contributed by atoms with van der Waals surface area (Å²) < 4.78 is 0. The number of nitrogens with zero attached hydrogens (tertiary/aromatic N) is 5. The number of fused-ring (bicyclic) bond motifs is 1. The molecular formula is C16H20N8. The summed E-state index contributed by atoms with van der Waals surface area (Å²) in [6.45, 7) is 0.993. The second-order valence-corrected chi connectivity index (χ2v) is 5.85. The van der Waals surface area contributed by atoms with Crippen LogP contribution in [0.1, 0.15) is 5.56 Å². The van der Waals surface area contributed by atoms with Crippen molar-refractivity contribution in [3.05, 3.63) is 29.8 Å². The quantitative estimate of drug-likeness (QED) is 0.645. The molecular weight excluding hydrogens is 304 g/mol. The standard InChI is InChI=1S/C16H20N8/c1-24(2)8-7-9-3-5-10(6-4-9)11-13(17)21-15-12(20-11)14(18)22-16(19)23-15/h3-6H,7-8H2,1-2H3,(H6,17,18,19,21,22,23). The summed E-state index contributed by atoms with van der Waals surface area (Å²) in [6, 6.07) is 8.08. The molecule has 0 aliphatic heterocycles. The molecule has 0 unspecified atom stereocenters. The van der Waals surface area contributed by atoms with E-state index in [0.717, 1.165) is 18.5 Å². The predicted molar refractivity (Wildman–Crippen MR) is 96.1 cm³/mol. The summed E-state index contributed by atoms with van der Waals surface area (Å²) in [5.74, 6) is 0.515. The van der Waals surface area contributed by atoms with Gasteiger partial charge in [-0.25, -0.2) is 9.97 Å². The molecule has 2 heterocycles. The van der Waals surface area contributed by atoms with E-state index in [1.54, 1.807) is 0 Å². The molecule has 8 nitrogen and oxygen atoms in total. The molecule has 0 amide bonds. The number of hydrogen-bond donors (Lipinski definition) is 3. The highest BCUT2D eigenvalue weighted by Gasteiger charge is 2.13. The Bertz CT molecular complexity index is 873. The lowest BCUT2D eigenvalue weighted by Crippen LogP contribution is -2.14. The second-order valence-electron chi connectivity index (χ2n) is 5.85. The maximum atomic E-state index is 6.03. The Morgan fingerprint density at radius 1 is 0.875 bits per heavy atom. The van der Waals surface area contributed by atoms with Crippen LogP contribution in [-0.4, -0.2) is 45.5 Å². The first-order valence-electron chi connectivity index (χ1n) is 7.54. The van der Waals surface area contributed by atoms with Gasteiger partial charge < -0.3 is 22.1 Å². The molecule has 0 aliphatic carbocycles. The Hall–Kier alpha value is -3.00. The molecule has 0 fully saturated rings. The molecule has 6 N–H and O–H groups in total. The lowest BCUT2D eigenvalue weighted by molar-refractivity contribution is 0.413. The van der Waals surface area contributed by atoms with Crippen molar-refractivity contribution in [2.75, 3.05) is 37.8 Å². The molecule has 1 aromatic carbocycles. The lowest BCUT2D eigenvalue weighted by Gasteiger charge is -2.10. The summed E-state index contributed by atoms with van der Waals surface area (Å²) in [4.78, 5) is 18.8. The molecule has 0 atom stereocenters. The smallest absolute Gasteiger partial charge is 0.224 e. The van der Waals surface area contributed by atoms with Crippen molar-refractivity contribution in [2.45, 2.75) is 6.42 Å². The van der Waals surface area contributed by atoms with E-state index < -0.39 is 0 Å². The molecule has 3 rings (SSSR count). The van der Waals surface area contributed by atoms with Crippen LogP contribution in [0.4, 0.5) is 17.6 Å². The predicted octanol–water partition coefficient (Wildman–Crippen LogP) is 0.937. The van der Waals surface area contributed by atoms with E-state index in [-0.39, 0.29) is 17.6 Å². The van der Waals surface area contributed by atoms with Crippen LogP contribution in [0, 0.1) is 0 Å². The Morgan fingerprint density at radius 2 is 1.58 bits per heavy atom. The summed E-state index contributed by atoms with van der Waals surface area (Å²) in [6.07, 6.45) is 0.978. The van der Waals surface area contributed by atoms with Crippen LogP contribution in [0.5, 0.6) is 0 Å². The van der Waals surface area contributed by atoms with Gasteiger partial charge in [0.1, 0.15) is 5.69 Å². The van der Waals surface area contributed by atoms with Crippen LogP contribution in [0.25, 0.3) is 22.4 Å². The van der Waals surface area contributed by atoms with E-state index in [9.17, 15) is 0 Å². The first-order chi connectivity index (χ1) is 11.4. The molecule has 0 aliphatic rings. The number of anilines is 3. The fourth-order valence-corrected chi connectivity index (χ4v) is 2.39. The summed E-state index contributed by atoms with van der Waals surface area (Å²) in [5, 5.41) is 0. The minimum absolute atomic E-state index is 0.0479. The van der Waals surface area contributed by atoms with E-state index in [0.29, 0.717) is 16.9 Å². The normalized spacial score (nSPS) is 11.3. The lowest BCUT2D eigenvalue weighted by atomic mass is 10.1. The number of benzene rings is 1. The van der Waals surface area contributed by atoms with E-state index in [2.05, 4.69) is 51.1 Å². The molecule has 0 radical (unpaired) electrons. The van der Waals surface area contributed by atoms with E-state index in [4.69, 9.17) is 17.2 Å². The van der Waals surface area contributed by atoms with Crippen molar-refractivity contribution in [3.8, 4) is 11.3 Å². The van der Waals surface area contributed by atoms with Gasteiger partial charge in [0.15, 0.2) is 22.8 Å². The number of nitrogen functional groups attached to an aromatic ring is 3. The van der Waals surface area contributed by atoms with Gasteiger partial charge in [-0.15, -0.1) is 0 Å². The molecule has 3 aromatic rings. The Kier molecular flexibility index (Phi) is 4.13. The average Bonchev–Trinajstić information content (AvgIpc) is 2.52. The average molecular weight is 324 g/mol. The van der Waals surface area contributed by atoms with Crippen molar-refractivity contribution in [2.24, 2.45) is 0 Å². The largest absolute Gasteiger partial charge is 0.382 e. The number of rotatable bonds is 4. The van der Waals surface area contributed by atoms with Crippen LogP contribution in [0.15, 0.2) is 24.3 Å². The number of hydrogen-bond acceptors (Lipinski definition) is 8. The van der Waals surface area contributed by atoms with Gasteiger partial charge in [-0.05, 0) is 26.1 Å². The number of likely N-dealkylation sites (N-methyl/N-ethyl adjacent to an activating group) is 1. The fourth-order valence-electron chi connectivity index (χ4n) is 2.39. The van der Waals surface area contributed by atoms with Gasteiger partial charge >= 0.3 is 0 Å². The van der Waals surface area contributed by atoms with Crippen LogP contribution < -0.4 is 17.2 Å². The maximum absolute atomic E-state index is 6.03. The molecule has 2 aromatic heterocycles. The third kappa shape index (κ3) is 3.18. The minimum atomic E-state index is 0.0479. The topological polar surface area (TPSA) is 133 Å². The van der Waals surface area contributed by atoms with Crippen molar-refractivity contribution in [1.82, 2.24) is 24.8 Å². The van der Waals surface area contributed by atoms with Crippen molar-refractivity contribution in [1.29, 1.82) is 0 Å². The fraction of sp³-hybridized carbons (Fsp3) is 0.250. The SMILES string of the molecule is CN(C)CCc1ccc(-c2nc3c(N)nc(N)nc3nc2N)cc1. The molecule has 8 heteroatoms. The first-order valence-corrected chi connectivity index (χ1v) is 7.54. The molecule has 0 spiro atoms. The van der Waals surface area contributed by atoms with E-state index >= 15 is 0 Å². The molecule has 24 heavy (non-hydrogen) atoms. The van der Waals surface area contributed by atoms with Crippen molar-refractivity contribution >= 4 is 28.7 Å². The van der Waals surface area contributed by atoms with Gasteiger partial charge in [0, 0.05) is 12.1 Å². The summed E-state index contributed by atoms with van der Waals surface area (Å²) in [7, 11) is 4.11. The second kappa shape index (κ2) is 6.25. The number of aromatic nitrogens is 4. The summed E-state index contributed by atoms with van der Waals surface area (Å²) >= 11 is 0. The van der Waals surface area contributed by atoms with E-state index in [1.165, 1.54) is 5.56 Å². The van der Waals surface area contributed by atoms with Crippen LogP contribution in [-0.2, 0) is 6.42 Å². The minimum Gasteiger partial charge on any atom is -0.382 e. The molecule has 124 valence electrons.